The van der Waals surface area contributed by atoms with Gasteiger partial charge in [0.25, 0.3) is 5.91 Å². The molecule has 1 aliphatic heterocycles. The summed E-state index contributed by atoms with van der Waals surface area (Å²) in [6, 6.07) is 10.1. The SMILES string of the molecule is Cc1ccc(N2C(=O)CC(C(=O)OCC(=O)NC(=O)NCC(C)C)C2c2cccs2)cc1. The van der Waals surface area contributed by atoms with Gasteiger partial charge >= 0.3 is 12.0 Å². The van der Waals surface area contributed by atoms with E-state index in [0.717, 1.165) is 10.4 Å². The van der Waals surface area contributed by atoms with E-state index in [1.165, 1.54) is 11.3 Å². The molecule has 170 valence electrons. The number of imide groups is 1. The second-order valence-electron chi connectivity index (χ2n) is 8.13. The molecule has 1 aliphatic rings. The molecule has 0 aliphatic carbocycles. The van der Waals surface area contributed by atoms with E-state index in [2.05, 4.69) is 10.6 Å². The van der Waals surface area contributed by atoms with Crippen LogP contribution in [0.2, 0.25) is 0 Å². The molecule has 32 heavy (non-hydrogen) atoms. The maximum Gasteiger partial charge on any atom is 0.321 e. The number of carbonyl (C=O) groups excluding carboxylic acids is 4. The maximum atomic E-state index is 12.9. The lowest BCUT2D eigenvalue weighted by Crippen LogP contribution is -2.43. The molecule has 9 heteroatoms. The minimum Gasteiger partial charge on any atom is -0.455 e. The molecule has 2 atom stereocenters. The van der Waals surface area contributed by atoms with Crippen molar-refractivity contribution in [3.63, 3.8) is 0 Å². The normalized spacial score (nSPS) is 18.0. The van der Waals surface area contributed by atoms with E-state index in [9.17, 15) is 19.2 Å². The van der Waals surface area contributed by atoms with Gasteiger partial charge in [0.15, 0.2) is 6.61 Å². The van der Waals surface area contributed by atoms with Crippen LogP contribution in [0, 0.1) is 18.8 Å². The number of nitrogens with zero attached hydrogens (tertiary/aromatic N) is 1. The molecule has 1 aromatic carbocycles. The van der Waals surface area contributed by atoms with Gasteiger partial charge in [0.2, 0.25) is 5.91 Å². The predicted octanol–water partition coefficient (Wildman–Crippen LogP) is 3.18. The van der Waals surface area contributed by atoms with Crippen LogP contribution in [0.3, 0.4) is 0 Å². The number of hydrogen-bond acceptors (Lipinski definition) is 6. The Morgan fingerprint density at radius 1 is 1.19 bits per heavy atom. The first kappa shape index (κ1) is 23.5. The van der Waals surface area contributed by atoms with Crippen LogP contribution in [0.25, 0.3) is 0 Å². The van der Waals surface area contributed by atoms with Gasteiger partial charge in [-0.05, 0) is 36.4 Å². The summed E-state index contributed by atoms with van der Waals surface area (Å²) in [5.41, 5.74) is 1.77. The molecule has 1 aromatic heterocycles. The van der Waals surface area contributed by atoms with Crippen LogP contribution in [-0.4, -0.2) is 37.0 Å². The van der Waals surface area contributed by atoms with Crippen molar-refractivity contribution in [2.45, 2.75) is 33.2 Å². The Balaban J connectivity index is 1.68. The van der Waals surface area contributed by atoms with Gasteiger partial charge in [-0.15, -0.1) is 11.3 Å². The number of thiophene rings is 1. The van der Waals surface area contributed by atoms with Crippen molar-refractivity contribution in [2.24, 2.45) is 11.8 Å². The number of amides is 4. The number of hydrogen-bond donors (Lipinski definition) is 2. The van der Waals surface area contributed by atoms with E-state index in [0.29, 0.717) is 12.2 Å². The Bertz CT molecular complexity index is 972. The highest BCUT2D eigenvalue weighted by Crippen LogP contribution is 2.43. The Labute approximate surface area is 190 Å². The van der Waals surface area contributed by atoms with E-state index in [1.807, 2.05) is 62.5 Å². The highest BCUT2D eigenvalue weighted by atomic mass is 32.1. The van der Waals surface area contributed by atoms with Crippen LogP contribution >= 0.6 is 11.3 Å². The smallest absolute Gasteiger partial charge is 0.321 e. The maximum absolute atomic E-state index is 12.9. The predicted molar refractivity (Wildman–Crippen MR) is 121 cm³/mol. The van der Waals surface area contributed by atoms with Gasteiger partial charge in [-0.25, -0.2) is 4.79 Å². The number of anilines is 1. The fourth-order valence-electron chi connectivity index (χ4n) is 3.49. The standard InChI is InChI=1S/C23H27N3O5S/c1-14(2)12-24-23(30)25-19(27)13-31-22(29)17-11-20(28)26(16-8-6-15(3)7-9-16)21(17)18-5-4-10-32-18/h4-10,14,17,21H,11-13H2,1-3H3,(H2,24,25,27,30). The van der Waals surface area contributed by atoms with Crippen molar-refractivity contribution >= 4 is 40.8 Å². The highest BCUT2D eigenvalue weighted by Gasteiger charge is 2.46. The summed E-state index contributed by atoms with van der Waals surface area (Å²) in [5, 5.41) is 6.57. The number of ether oxygens (including phenoxy) is 1. The van der Waals surface area contributed by atoms with Crippen LogP contribution in [0.5, 0.6) is 0 Å². The minimum atomic E-state index is -0.759. The molecule has 4 amide bonds. The van der Waals surface area contributed by atoms with E-state index in [4.69, 9.17) is 4.74 Å². The monoisotopic (exact) mass is 457 g/mol. The van der Waals surface area contributed by atoms with Crippen molar-refractivity contribution in [3.8, 4) is 0 Å². The first-order valence-electron chi connectivity index (χ1n) is 10.4. The van der Waals surface area contributed by atoms with Gasteiger partial charge in [0.05, 0.1) is 12.0 Å². The molecule has 2 heterocycles. The number of aryl methyl sites for hydroxylation is 1. The second-order valence-corrected chi connectivity index (χ2v) is 9.11. The third-order valence-corrected chi connectivity index (χ3v) is 5.98. The Morgan fingerprint density at radius 3 is 2.53 bits per heavy atom. The summed E-state index contributed by atoms with van der Waals surface area (Å²) in [7, 11) is 0. The van der Waals surface area contributed by atoms with Gasteiger partial charge in [-0.3, -0.25) is 19.7 Å². The second kappa shape index (κ2) is 10.4. The average molecular weight is 458 g/mol. The summed E-state index contributed by atoms with van der Waals surface area (Å²) >= 11 is 1.45. The average Bonchev–Trinajstić information content (AvgIpc) is 3.39. The van der Waals surface area contributed by atoms with Crippen molar-refractivity contribution in [2.75, 3.05) is 18.1 Å². The molecule has 1 fully saturated rings. The van der Waals surface area contributed by atoms with Crippen LogP contribution in [0.4, 0.5) is 10.5 Å². The first-order valence-corrected chi connectivity index (χ1v) is 11.3. The Kier molecular flexibility index (Phi) is 7.63. The van der Waals surface area contributed by atoms with Gasteiger partial charge in [-0.2, -0.15) is 0 Å². The summed E-state index contributed by atoms with van der Waals surface area (Å²) in [6.07, 6.45) is -0.0221. The van der Waals surface area contributed by atoms with Gasteiger partial charge in [0.1, 0.15) is 0 Å². The number of esters is 1. The van der Waals surface area contributed by atoms with Crippen molar-refractivity contribution in [3.05, 3.63) is 52.2 Å². The zero-order chi connectivity index (χ0) is 23.3. The van der Waals surface area contributed by atoms with Crippen molar-refractivity contribution in [1.29, 1.82) is 0 Å². The first-order chi connectivity index (χ1) is 15.3. The van der Waals surface area contributed by atoms with Crippen LogP contribution in [0.1, 0.15) is 36.8 Å². The highest BCUT2D eigenvalue weighted by molar-refractivity contribution is 7.10. The molecular formula is C23H27N3O5S. The van der Waals surface area contributed by atoms with Crippen molar-refractivity contribution < 1.29 is 23.9 Å². The molecule has 0 radical (unpaired) electrons. The summed E-state index contributed by atoms with van der Waals surface area (Å²) in [6.45, 7) is 5.63. The molecule has 0 saturated carbocycles. The molecule has 2 N–H and O–H groups in total. The topological polar surface area (TPSA) is 105 Å². The number of urea groups is 1. The fourth-order valence-corrected chi connectivity index (χ4v) is 4.37. The minimum absolute atomic E-state index is 0.0221. The van der Waals surface area contributed by atoms with Crippen LogP contribution < -0.4 is 15.5 Å². The summed E-state index contributed by atoms with van der Waals surface area (Å²) in [5.74, 6) is -2.09. The zero-order valence-corrected chi connectivity index (χ0v) is 19.1. The zero-order valence-electron chi connectivity index (χ0n) is 18.3. The number of nitrogens with one attached hydrogen (secondary N) is 2. The lowest BCUT2D eigenvalue weighted by atomic mass is 9.99. The number of benzene rings is 1. The molecule has 8 nitrogen and oxygen atoms in total. The molecule has 0 spiro atoms. The molecule has 0 bridgehead atoms. The van der Waals surface area contributed by atoms with Gasteiger partial charge in [-0.1, -0.05) is 37.6 Å². The van der Waals surface area contributed by atoms with E-state index in [1.54, 1.807) is 4.90 Å². The molecule has 2 unspecified atom stereocenters. The summed E-state index contributed by atoms with van der Waals surface area (Å²) < 4.78 is 5.19. The largest absolute Gasteiger partial charge is 0.455 e. The van der Waals surface area contributed by atoms with Crippen molar-refractivity contribution in [1.82, 2.24) is 10.6 Å². The quantitative estimate of drug-likeness (QED) is 0.622. The third kappa shape index (κ3) is 5.73. The fraction of sp³-hybridized carbons (Fsp3) is 0.391. The third-order valence-electron chi connectivity index (χ3n) is 5.04. The van der Waals surface area contributed by atoms with E-state index >= 15 is 0 Å². The van der Waals surface area contributed by atoms with Crippen LogP contribution in [-0.2, 0) is 19.1 Å². The van der Waals surface area contributed by atoms with Gasteiger partial charge in [0, 0.05) is 23.5 Å². The Morgan fingerprint density at radius 2 is 1.91 bits per heavy atom. The van der Waals surface area contributed by atoms with Gasteiger partial charge < -0.3 is 15.0 Å². The lowest BCUT2D eigenvalue weighted by Gasteiger charge is -2.27. The Hall–Kier alpha value is -3.20. The molecular weight excluding hydrogens is 430 g/mol. The molecule has 1 saturated heterocycles. The van der Waals surface area contributed by atoms with E-state index < -0.39 is 36.5 Å². The summed E-state index contributed by atoms with van der Waals surface area (Å²) in [4.78, 5) is 51.9. The molecule has 2 aromatic rings. The number of rotatable bonds is 7. The van der Waals surface area contributed by atoms with E-state index in [-0.39, 0.29) is 18.2 Å². The van der Waals surface area contributed by atoms with Crippen LogP contribution in [0.15, 0.2) is 41.8 Å². The molecule has 3 rings (SSSR count). The lowest BCUT2D eigenvalue weighted by molar-refractivity contribution is -0.152. The number of carbonyl (C=O) groups is 4.